The molecule has 3 N–H and O–H groups in total. The van der Waals surface area contributed by atoms with Crippen LogP contribution < -0.4 is 15.9 Å². The van der Waals surface area contributed by atoms with Crippen LogP contribution in [0.2, 0.25) is 0 Å². The number of anilines is 1. The summed E-state index contributed by atoms with van der Waals surface area (Å²) < 4.78 is 5.42. The molecule has 0 spiro atoms. The number of nitrogens with one attached hydrogen (secondary N) is 1. The molecule has 2 amide bonds. The normalized spacial score (nSPS) is 11.0. The van der Waals surface area contributed by atoms with E-state index in [4.69, 9.17) is 10.5 Å². The Balaban J connectivity index is 1.95. The third kappa shape index (κ3) is 5.34. The average Bonchev–Trinajstić information content (AvgIpc) is 2.64. The molecule has 136 valence electrons. The van der Waals surface area contributed by atoms with Crippen LogP contribution in [0.3, 0.4) is 0 Å². The van der Waals surface area contributed by atoms with Crippen LogP contribution in [0, 0.1) is 0 Å². The molecular weight excluding hydrogens is 332 g/mol. The molecule has 0 fully saturated rings. The summed E-state index contributed by atoms with van der Waals surface area (Å²) in [5.41, 5.74) is 10.7. The molecule has 26 heavy (non-hydrogen) atoms. The maximum atomic E-state index is 12.0. The van der Waals surface area contributed by atoms with Crippen molar-refractivity contribution >= 4 is 23.2 Å². The lowest BCUT2D eigenvalue weighted by molar-refractivity contribution is -0.130. The minimum absolute atomic E-state index is 0.0168. The van der Waals surface area contributed by atoms with Gasteiger partial charge in [-0.1, -0.05) is 0 Å². The molecule has 7 nitrogen and oxygen atoms in total. The highest BCUT2D eigenvalue weighted by molar-refractivity contribution is 6.01. The van der Waals surface area contributed by atoms with Gasteiger partial charge in [0.2, 0.25) is 0 Å². The molecule has 0 aliphatic rings. The van der Waals surface area contributed by atoms with Gasteiger partial charge in [0.05, 0.1) is 5.71 Å². The Morgan fingerprint density at radius 2 is 1.62 bits per heavy atom. The quantitative estimate of drug-likeness (QED) is 0.470. The Labute approximate surface area is 152 Å². The maximum absolute atomic E-state index is 12.0. The number of ether oxygens (including phenoxy) is 1. The molecule has 0 atom stereocenters. The van der Waals surface area contributed by atoms with Gasteiger partial charge in [0.1, 0.15) is 5.75 Å². The highest BCUT2D eigenvalue weighted by Gasteiger charge is 2.06. The van der Waals surface area contributed by atoms with Crippen molar-refractivity contribution < 1.29 is 14.3 Å². The van der Waals surface area contributed by atoms with Gasteiger partial charge >= 0.3 is 0 Å². The number of likely N-dealkylation sites (N-methyl/N-ethyl adjacent to an activating group) is 1. The number of hydrazone groups is 1. The van der Waals surface area contributed by atoms with Crippen molar-refractivity contribution in [3.05, 3.63) is 59.7 Å². The van der Waals surface area contributed by atoms with Crippen molar-refractivity contribution in [3.8, 4) is 5.75 Å². The predicted molar refractivity (Wildman–Crippen MR) is 101 cm³/mol. The predicted octanol–water partition coefficient (Wildman–Crippen LogP) is 1.89. The Kier molecular flexibility index (Phi) is 6.32. The second-order valence-corrected chi connectivity index (χ2v) is 5.86. The molecule has 0 heterocycles. The summed E-state index contributed by atoms with van der Waals surface area (Å²) in [6.45, 7) is 1.77. The Morgan fingerprint density at radius 1 is 1.04 bits per heavy atom. The number of hydrogen-bond donors (Lipinski definition) is 2. The fourth-order valence-electron chi connectivity index (χ4n) is 1.96. The standard InChI is InChI=1S/C19H22N4O3/c1-13(21-22-19(25)15-4-8-16(20)9-5-15)14-6-10-17(11-7-14)26-12-18(24)23(2)3/h4-11H,12,20H2,1-3H3,(H,22,25)/b21-13+. The summed E-state index contributed by atoms with van der Waals surface area (Å²) in [6.07, 6.45) is 0. The van der Waals surface area contributed by atoms with E-state index in [0.717, 1.165) is 5.56 Å². The Hall–Kier alpha value is -3.35. The van der Waals surface area contributed by atoms with Gasteiger partial charge in [0, 0.05) is 25.3 Å². The van der Waals surface area contributed by atoms with E-state index in [1.54, 1.807) is 57.4 Å². The number of rotatable bonds is 6. The van der Waals surface area contributed by atoms with Gasteiger partial charge < -0.3 is 15.4 Å². The Morgan fingerprint density at radius 3 is 2.19 bits per heavy atom. The lowest BCUT2D eigenvalue weighted by Crippen LogP contribution is -2.27. The van der Waals surface area contributed by atoms with Crippen molar-refractivity contribution in [3.63, 3.8) is 0 Å². The van der Waals surface area contributed by atoms with Crippen molar-refractivity contribution in [2.24, 2.45) is 5.10 Å². The summed E-state index contributed by atoms with van der Waals surface area (Å²) in [5.74, 6) is 0.159. The van der Waals surface area contributed by atoms with Crippen LogP contribution in [-0.2, 0) is 4.79 Å². The van der Waals surface area contributed by atoms with Crippen molar-refractivity contribution in [1.29, 1.82) is 0 Å². The molecule has 0 bridgehead atoms. The van der Waals surface area contributed by atoms with Crippen LogP contribution in [0.15, 0.2) is 53.6 Å². The number of nitrogens with two attached hydrogens (primary N) is 1. The number of hydrogen-bond acceptors (Lipinski definition) is 5. The third-order valence-electron chi connectivity index (χ3n) is 3.63. The number of nitrogens with zero attached hydrogens (tertiary/aromatic N) is 2. The SMILES string of the molecule is C/C(=N\NC(=O)c1ccc(N)cc1)c1ccc(OCC(=O)N(C)C)cc1. The largest absolute Gasteiger partial charge is 0.484 e. The Bertz CT molecular complexity index is 797. The number of nitrogen functional groups attached to an aromatic ring is 1. The van der Waals surface area contributed by atoms with Crippen molar-refractivity contribution in [1.82, 2.24) is 10.3 Å². The zero-order valence-corrected chi connectivity index (χ0v) is 15.0. The topological polar surface area (TPSA) is 97.0 Å². The average molecular weight is 354 g/mol. The first-order chi connectivity index (χ1) is 12.4. The summed E-state index contributed by atoms with van der Waals surface area (Å²) in [7, 11) is 3.35. The summed E-state index contributed by atoms with van der Waals surface area (Å²) in [5, 5.41) is 4.10. The number of carbonyl (C=O) groups excluding carboxylic acids is 2. The minimum Gasteiger partial charge on any atom is -0.484 e. The number of amides is 2. The molecule has 0 aliphatic carbocycles. The number of carbonyl (C=O) groups is 2. The van der Waals surface area contributed by atoms with E-state index in [1.165, 1.54) is 4.90 Å². The van der Waals surface area contributed by atoms with E-state index in [-0.39, 0.29) is 18.4 Å². The fraction of sp³-hybridized carbons (Fsp3) is 0.211. The van der Waals surface area contributed by atoms with Crippen molar-refractivity contribution in [2.45, 2.75) is 6.92 Å². The molecular formula is C19H22N4O3. The molecule has 2 aromatic carbocycles. The van der Waals surface area contributed by atoms with Crippen LogP contribution in [0.5, 0.6) is 5.75 Å². The first-order valence-electron chi connectivity index (χ1n) is 8.00. The number of benzene rings is 2. The molecule has 0 aromatic heterocycles. The summed E-state index contributed by atoms with van der Waals surface area (Å²) in [4.78, 5) is 25.0. The summed E-state index contributed by atoms with van der Waals surface area (Å²) in [6, 6.07) is 13.7. The van der Waals surface area contributed by atoms with Crippen LogP contribution in [0.25, 0.3) is 0 Å². The van der Waals surface area contributed by atoms with Crippen LogP contribution in [0.1, 0.15) is 22.8 Å². The molecule has 7 heteroatoms. The molecule has 0 saturated heterocycles. The fourth-order valence-corrected chi connectivity index (χ4v) is 1.96. The van der Waals surface area contributed by atoms with Crippen LogP contribution in [-0.4, -0.2) is 43.1 Å². The van der Waals surface area contributed by atoms with Gasteiger partial charge in [-0.2, -0.15) is 5.10 Å². The van der Waals surface area contributed by atoms with Gasteiger partial charge in [-0.3, -0.25) is 9.59 Å². The molecule has 0 aliphatic heterocycles. The van der Waals surface area contributed by atoms with E-state index in [9.17, 15) is 9.59 Å². The molecule has 2 aromatic rings. The van der Waals surface area contributed by atoms with Crippen LogP contribution >= 0.6 is 0 Å². The zero-order chi connectivity index (χ0) is 19.1. The van der Waals surface area contributed by atoms with E-state index < -0.39 is 0 Å². The highest BCUT2D eigenvalue weighted by atomic mass is 16.5. The van der Waals surface area contributed by atoms with Gasteiger partial charge in [-0.05, 0) is 61.0 Å². The molecule has 0 saturated carbocycles. The second kappa shape index (κ2) is 8.66. The highest BCUT2D eigenvalue weighted by Crippen LogP contribution is 2.13. The maximum Gasteiger partial charge on any atom is 0.271 e. The zero-order valence-electron chi connectivity index (χ0n) is 15.0. The first-order valence-corrected chi connectivity index (χ1v) is 8.00. The third-order valence-corrected chi connectivity index (χ3v) is 3.63. The van der Waals surface area contributed by atoms with Gasteiger partial charge in [-0.25, -0.2) is 5.43 Å². The lowest BCUT2D eigenvalue weighted by atomic mass is 10.1. The first kappa shape index (κ1) is 19.0. The second-order valence-electron chi connectivity index (χ2n) is 5.86. The molecule has 2 rings (SSSR count). The minimum atomic E-state index is -0.313. The van der Waals surface area contributed by atoms with Gasteiger partial charge in [0.15, 0.2) is 6.61 Å². The molecule has 0 unspecified atom stereocenters. The van der Waals surface area contributed by atoms with Gasteiger partial charge in [-0.15, -0.1) is 0 Å². The van der Waals surface area contributed by atoms with Crippen molar-refractivity contribution in [2.75, 3.05) is 26.4 Å². The molecule has 0 radical (unpaired) electrons. The summed E-state index contributed by atoms with van der Waals surface area (Å²) >= 11 is 0. The monoisotopic (exact) mass is 354 g/mol. The van der Waals surface area contributed by atoms with E-state index in [0.29, 0.717) is 22.7 Å². The van der Waals surface area contributed by atoms with E-state index in [1.807, 2.05) is 12.1 Å². The van der Waals surface area contributed by atoms with Crippen LogP contribution in [0.4, 0.5) is 5.69 Å². The van der Waals surface area contributed by atoms with Gasteiger partial charge in [0.25, 0.3) is 11.8 Å². The lowest BCUT2D eigenvalue weighted by Gasteiger charge is -2.11. The van der Waals surface area contributed by atoms with E-state index in [2.05, 4.69) is 10.5 Å². The smallest absolute Gasteiger partial charge is 0.271 e. The van der Waals surface area contributed by atoms with E-state index >= 15 is 0 Å².